The fourth-order valence-electron chi connectivity index (χ4n) is 3.19. The van der Waals surface area contributed by atoms with E-state index >= 15 is 0 Å². The number of hydrogen-bond donors (Lipinski definition) is 1. The quantitative estimate of drug-likeness (QED) is 0.861. The molecule has 22 heavy (non-hydrogen) atoms. The predicted molar refractivity (Wildman–Crippen MR) is 89.2 cm³/mol. The van der Waals surface area contributed by atoms with Crippen LogP contribution in [0.25, 0.3) is 0 Å². The summed E-state index contributed by atoms with van der Waals surface area (Å²) in [5, 5.41) is 3.63. The highest BCUT2D eigenvalue weighted by atomic mass is 32.2. The molecule has 2 aliphatic rings. The third-order valence-corrected chi connectivity index (χ3v) is 5.05. The predicted octanol–water partition coefficient (Wildman–Crippen LogP) is 3.41. The average molecular weight is 313 g/mol. The Bertz CT molecular complexity index is 684. The van der Waals surface area contributed by atoms with E-state index in [2.05, 4.69) is 48.0 Å². The summed E-state index contributed by atoms with van der Waals surface area (Å²) in [5.41, 5.74) is 3.98. The van der Waals surface area contributed by atoms with Crippen molar-refractivity contribution in [1.82, 2.24) is 5.32 Å². The third-order valence-electron chi connectivity index (χ3n) is 4.31. The summed E-state index contributed by atoms with van der Waals surface area (Å²) in [4.78, 5) is 1.29. The molecule has 2 aromatic carbocycles. The van der Waals surface area contributed by atoms with Gasteiger partial charge in [-0.1, -0.05) is 12.1 Å². The van der Waals surface area contributed by atoms with E-state index in [1.165, 1.54) is 21.6 Å². The fraction of sp³-hybridized carbons (Fsp3) is 0.333. The second-order valence-electron chi connectivity index (χ2n) is 5.60. The van der Waals surface area contributed by atoms with E-state index in [0.717, 1.165) is 24.5 Å². The number of rotatable bonds is 2. The molecule has 1 N–H and O–H groups in total. The minimum absolute atomic E-state index is 0.232. The fourth-order valence-corrected chi connectivity index (χ4v) is 3.59. The Morgan fingerprint density at radius 1 is 1.05 bits per heavy atom. The highest BCUT2D eigenvalue weighted by Crippen LogP contribution is 2.39. The molecule has 1 unspecified atom stereocenters. The van der Waals surface area contributed by atoms with E-state index in [1.54, 1.807) is 11.8 Å². The van der Waals surface area contributed by atoms with Crippen LogP contribution in [0, 0.1) is 0 Å². The Balaban J connectivity index is 1.74. The number of hydrogen-bond acceptors (Lipinski definition) is 4. The zero-order chi connectivity index (χ0) is 14.9. The van der Waals surface area contributed by atoms with Crippen LogP contribution in [0.1, 0.15) is 22.7 Å². The summed E-state index contributed by atoms with van der Waals surface area (Å²) >= 11 is 1.77. The van der Waals surface area contributed by atoms with Gasteiger partial charge in [-0.3, -0.25) is 0 Å². The van der Waals surface area contributed by atoms with Crippen LogP contribution in [0.5, 0.6) is 11.5 Å². The number of thioether (sulfide) groups is 1. The maximum atomic E-state index is 5.75. The molecule has 0 saturated heterocycles. The van der Waals surface area contributed by atoms with E-state index in [9.17, 15) is 0 Å². The highest BCUT2D eigenvalue weighted by Gasteiger charge is 2.25. The summed E-state index contributed by atoms with van der Waals surface area (Å²) in [7, 11) is 0. The summed E-state index contributed by atoms with van der Waals surface area (Å²) < 4.78 is 11.5. The molecule has 4 heteroatoms. The van der Waals surface area contributed by atoms with Gasteiger partial charge in [0.2, 0.25) is 0 Å². The van der Waals surface area contributed by atoms with Crippen LogP contribution in [-0.2, 0) is 6.42 Å². The molecule has 0 aliphatic carbocycles. The number of nitrogens with one attached hydrogen (secondary N) is 1. The standard InChI is InChI=1S/C18H19NO2S/c1-22-14-4-2-12(3-5-14)18-15-11-17-16(20-8-9-21-17)10-13(15)6-7-19-18/h2-5,10-11,18-19H,6-9H2,1H3. The third kappa shape index (κ3) is 2.46. The van der Waals surface area contributed by atoms with Crippen LogP contribution in [0.4, 0.5) is 0 Å². The Morgan fingerprint density at radius 2 is 1.77 bits per heavy atom. The Labute approximate surface area is 135 Å². The topological polar surface area (TPSA) is 30.5 Å². The molecule has 0 radical (unpaired) electrons. The van der Waals surface area contributed by atoms with Crippen LogP contribution in [0.15, 0.2) is 41.3 Å². The van der Waals surface area contributed by atoms with Gasteiger partial charge in [-0.05, 0) is 53.6 Å². The first-order valence-electron chi connectivity index (χ1n) is 7.65. The lowest BCUT2D eigenvalue weighted by Gasteiger charge is -2.30. The average Bonchev–Trinajstić information content (AvgIpc) is 2.59. The van der Waals surface area contributed by atoms with E-state index in [4.69, 9.17) is 9.47 Å². The zero-order valence-corrected chi connectivity index (χ0v) is 13.4. The Morgan fingerprint density at radius 3 is 2.50 bits per heavy atom. The first kappa shape index (κ1) is 14.0. The van der Waals surface area contributed by atoms with E-state index < -0.39 is 0 Å². The molecule has 0 bridgehead atoms. The molecule has 0 spiro atoms. The molecular weight excluding hydrogens is 294 g/mol. The smallest absolute Gasteiger partial charge is 0.161 e. The molecule has 4 rings (SSSR count). The maximum Gasteiger partial charge on any atom is 0.161 e. The lowest BCUT2D eigenvalue weighted by molar-refractivity contribution is 0.171. The van der Waals surface area contributed by atoms with Gasteiger partial charge in [0, 0.05) is 11.4 Å². The van der Waals surface area contributed by atoms with Crippen LogP contribution >= 0.6 is 11.8 Å². The van der Waals surface area contributed by atoms with Crippen LogP contribution in [0.2, 0.25) is 0 Å². The molecule has 2 heterocycles. The van der Waals surface area contributed by atoms with Crippen molar-refractivity contribution in [2.45, 2.75) is 17.4 Å². The maximum absolute atomic E-state index is 5.75. The van der Waals surface area contributed by atoms with Crippen molar-refractivity contribution in [3.05, 3.63) is 53.1 Å². The monoisotopic (exact) mass is 313 g/mol. The van der Waals surface area contributed by atoms with Crippen molar-refractivity contribution in [3.63, 3.8) is 0 Å². The minimum atomic E-state index is 0.232. The Kier molecular flexibility index (Phi) is 3.72. The van der Waals surface area contributed by atoms with Gasteiger partial charge in [0.15, 0.2) is 11.5 Å². The number of fused-ring (bicyclic) bond motifs is 2. The van der Waals surface area contributed by atoms with Gasteiger partial charge in [0.1, 0.15) is 13.2 Å². The molecule has 1 atom stereocenters. The van der Waals surface area contributed by atoms with Crippen molar-refractivity contribution in [2.24, 2.45) is 0 Å². The van der Waals surface area contributed by atoms with Crippen molar-refractivity contribution >= 4 is 11.8 Å². The summed E-state index contributed by atoms with van der Waals surface area (Å²) in [6.45, 7) is 2.26. The first-order chi connectivity index (χ1) is 10.8. The highest BCUT2D eigenvalue weighted by molar-refractivity contribution is 7.98. The normalized spacial score (nSPS) is 19.6. The molecule has 0 saturated carbocycles. The summed E-state index contributed by atoms with van der Waals surface area (Å²) in [6, 6.07) is 13.4. The van der Waals surface area contributed by atoms with E-state index in [-0.39, 0.29) is 6.04 Å². The number of benzene rings is 2. The van der Waals surface area contributed by atoms with Crippen LogP contribution < -0.4 is 14.8 Å². The van der Waals surface area contributed by atoms with Gasteiger partial charge in [-0.25, -0.2) is 0 Å². The van der Waals surface area contributed by atoms with Crippen molar-refractivity contribution < 1.29 is 9.47 Å². The van der Waals surface area contributed by atoms with Gasteiger partial charge in [0.25, 0.3) is 0 Å². The summed E-state index contributed by atoms with van der Waals surface area (Å²) in [5.74, 6) is 1.77. The van der Waals surface area contributed by atoms with Gasteiger partial charge in [-0.2, -0.15) is 0 Å². The largest absolute Gasteiger partial charge is 0.486 e. The number of ether oxygens (including phenoxy) is 2. The molecule has 0 aromatic heterocycles. The van der Waals surface area contributed by atoms with Gasteiger partial charge in [-0.15, -0.1) is 11.8 Å². The molecule has 0 fully saturated rings. The first-order valence-corrected chi connectivity index (χ1v) is 8.87. The van der Waals surface area contributed by atoms with E-state index in [1.807, 2.05) is 0 Å². The van der Waals surface area contributed by atoms with E-state index in [0.29, 0.717) is 13.2 Å². The van der Waals surface area contributed by atoms with Gasteiger partial charge in [0.05, 0.1) is 6.04 Å². The lowest BCUT2D eigenvalue weighted by atomic mass is 9.89. The molecule has 2 aromatic rings. The van der Waals surface area contributed by atoms with Gasteiger partial charge < -0.3 is 14.8 Å². The molecule has 114 valence electrons. The molecular formula is C18H19NO2S. The zero-order valence-electron chi connectivity index (χ0n) is 12.6. The van der Waals surface area contributed by atoms with Crippen LogP contribution in [-0.4, -0.2) is 26.0 Å². The van der Waals surface area contributed by atoms with Crippen molar-refractivity contribution in [3.8, 4) is 11.5 Å². The lowest BCUT2D eigenvalue weighted by Crippen LogP contribution is -2.31. The second kappa shape index (κ2) is 5.86. The van der Waals surface area contributed by atoms with Crippen molar-refractivity contribution in [2.75, 3.05) is 26.0 Å². The SMILES string of the molecule is CSc1ccc(C2NCCc3cc4c(cc32)OCCO4)cc1. The molecule has 3 nitrogen and oxygen atoms in total. The minimum Gasteiger partial charge on any atom is -0.486 e. The molecule has 2 aliphatic heterocycles. The van der Waals surface area contributed by atoms with Crippen LogP contribution in [0.3, 0.4) is 0 Å². The van der Waals surface area contributed by atoms with Gasteiger partial charge >= 0.3 is 0 Å². The molecule has 0 amide bonds. The summed E-state index contributed by atoms with van der Waals surface area (Å²) in [6.07, 6.45) is 3.14. The van der Waals surface area contributed by atoms with Crippen molar-refractivity contribution in [1.29, 1.82) is 0 Å². The second-order valence-corrected chi connectivity index (χ2v) is 6.48. The Hall–Kier alpha value is -1.65.